The molecule has 0 aliphatic heterocycles. The molecular weight excluding hydrogens is 334 g/mol. The van der Waals surface area contributed by atoms with Crippen LogP contribution in [0.15, 0.2) is 48.5 Å². The lowest BCUT2D eigenvalue weighted by Crippen LogP contribution is -2.16. The van der Waals surface area contributed by atoms with E-state index in [1.165, 1.54) is 0 Å². The Balaban J connectivity index is 1.85. The van der Waals surface area contributed by atoms with E-state index in [0.717, 1.165) is 29.3 Å². The molecule has 0 fully saturated rings. The second-order valence-electron chi connectivity index (χ2n) is 6.31. The van der Waals surface area contributed by atoms with Crippen LogP contribution in [0.4, 0.5) is 0 Å². The molecule has 0 spiro atoms. The Labute approximate surface area is 150 Å². The maximum absolute atomic E-state index is 8.79. The van der Waals surface area contributed by atoms with Gasteiger partial charge in [0.15, 0.2) is 7.38 Å². The largest absolute Gasteiger partial charge is 0.494 e. The van der Waals surface area contributed by atoms with E-state index in [2.05, 4.69) is 19.2 Å². The van der Waals surface area contributed by atoms with Crippen LogP contribution in [0.1, 0.15) is 23.1 Å². The molecule has 0 unspecified atom stereocenters. The highest BCUT2D eigenvalue weighted by atomic mass is 35.6. The lowest BCUT2D eigenvalue weighted by molar-refractivity contribution is 0.317. The van der Waals surface area contributed by atoms with Gasteiger partial charge in [-0.2, -0.15) is 16.3 Å². The summed E-state index contributed by atoms with van der Waals surface area (Å²) in [4.78, 5) is 0. The van der Waals surface area contributed by atoms with Crippen molar-refractivity contribution in [1.82, 2.24) is 0 Å². The molecule has 0 saturated carbocycles. The summed E-state index contributed by atoms with van der Waals surface area (Å²) in [7, 11) is -1.49. The Morgan fingerprint density at radius 2 is 1.54 bits per heavy atom. The van der Waals surface area contributed by atoms with Gasteiger partial charge >= 0.3 is 0 Å². The van der Waals surface area contributed by atoms with Crippen molar-refractivity contribution in [1.29, 1.82) is 5.26 Å². The van der Waals surface area contributed by atoms with E-state index in [1.54, 1.807) is 0 Å². The van der Waals surface area contributed by atoms with Crippen molar-refractivity contribution >= 4 is 30.6 Å². The van der Waals surface area contributed by atoms with Crippen LogP contribution in [-0.4, -0.2) is 14.0 Å². The predicted octanol–water partition coefficient (Wildman–Crippen LogP) is 5.94. The maximum atomic E-state index is 8.79. The molecule has 0 amide bonds. The third-order valence-corrected chi connectivity index (χ3v) is 5.68. The van der Waals surface area contributed by atoms with Gasteiger partial charge in [-0.3, -0.25) is 0 Å². The summed E-state index contributed by atoms with van der Waals surface area (Å²) in [6.07, 6.45) is 5.08. The van der Waals surface area contributed by atoms with Crippen molar-refractivity contribution in [3.63, 3.8) is 0 Å². The third kappa shape index (κ3) is 6.62. The Morgan fingerprint density at radius 1 is 1.00 bits per heavy atom. The number of nitrogens with zero attached hydrogens (tertiary/aromatic N) is 1. The SMILES string of the molecule is C[Si](C)(Cl)CCCOc1ccc(/C=C/c2ccc(C#N)cc2)cc1. The minimum atomic E-state index is -1.49. The summed E-state index contributed by atoms with van der Waals surface area (Å²) in [6.45, 7) is 5.02. The minimum Gasteiger partial charge on any atom is -0.494 e. The fourth-order valence-corrected chi connectivity index (χ4v) is 3.60. The zero-order valence-electron chi connectivity index (χ0n) is 14.1. The third-order valence-electron chi connectivity index (χ3n) is 3.57. The zero-order valence-corrected chi connectivity index (χ0v) is 15.9. The molecule has 0 N–H and O–H groups in total. The molecule has 0 bridgehead atoms. The Bertz CT molecular complexity index is 709. The van der Waals surface area contributed by atoms with Crippen molar-refractivity contribution in [3.05, 3.63) is 65.2 Å². The van der Waals surface area contributed by atoms with Gasteiger partial charge in [0.05, 0.1) is 18.2 Å². The highest BCUT2D eigenvalue weighted by molar-refractivity contribution is 7.19. The summed E-state index contributed by atoms with van der Waals surface area (Å²) >= 11 is 6.30. The smallest absolute Gasteiger partial charge is 0.150 e. The summed E-state index contributed by atoms with van der Waals surface area (Å²) in [5.74, 6) is 0.888. The lowest BCUT2D eigenvalue weighted by atomic mass is 10.1. The molecule has 2 rings (SSSR count). The van der Waals surface area contributed by atoms with Crippen molar-refractivity contribution in [2.45, 2.75) is 25.6 Å². The second-order valence-corrected chi connectivity index (χ2v) is 13.3. The molecule has 0 aromatic heterocycles. The molecule has 2 nitrogen and oxygen atoms in total. The van der Waals surface area contributed by atoms with Gasteiger partial charge < -0.3 is 4.74 Å². The molecular formula is C20H22ClNOSi. The number of benzene rings is 2. The van der Waals surface area contributed by atoms with Crippen molar-refractivity contribution in [3.8, 4) is 11.8 Å². The van der Waals surface area contributed by atoms with Crippen molar-refractivity contribution < 1.29 is 4.74 Å². The quantitative estimate of drug-likeness (QED) is 0.266. The molecule has 2 aromatic carbocycles. The van der Waals surface area contributed by atoms with Crippen LogP contribution in [-0.2, 0) is 0 Å². The van der Waals surface area contributed by atoms with E-state index in [1.807, 2.05) is 60.7 Å². The van der Waals surface area contributed by atoms with Gasteiger partial charge in [0.1, 0.15) is 5.75 Å². The zero-order chi connectivity index (χ0) is 17.4. The second kappa shape index (κ2) is 8.72. The van der Waals surface area contributed by atoms with E-state index >= 15 is 0 Å². The van der Waals surface area contributed by atoms with Gasteiger partial charge in [-0.15, -0.1) is 0 Å². The molecule has 2 aromatic rings. The van der Waals surface area contributed by atoms with Crippen LogP contribution in [0.25, 0.3) is 12.2 Å². The van der Waals surface area contributed by atoms with Gasteiger partial charge in [0, 0.05) is 0 Å². The van der Waals surface area contributed by atoms with Gasteiger partial charge in [-0.1, -0.05) is 49.5 Å². The molecule has 0 aliphatic rings. The first-order valence-corrected chi connectivity index (χ1v) is 12.3. The number of nitriles is 1. The van der Waals surface area contributed by atoms with Crippen molar-refractivity contribution in [2.24, 2.45) is 0 Å². The number of rotatable bonds is 7. The van der Waals surface area contributed by atoms with Gasteiger partial charge in [0.25, 0.3) is 0 Å². The van der Waals surface area contributed by atoms with Crippen molar-refractivity contribution in [2.75, 3.05) is 6.61 Å². The van der Waals surface area contributed by atoms with E-state index < -0.39 is 7.38 Å². The molecule has 0 saturated heterocycles. The highest BCUT2D eigenvalue weighted by Gasteiger charge is 2.15. The molecule has 0 radical (unpaired) electrons. The summed E-state index contributed by atoms with van der Waals surface area (Å²) in [5, 5.41) is 8.79. The summed E-state index contributed by atoms with van der Waals surface area (Å²) in [6, 6.07) is 18.8. The average Bonchev–Trinajstić information content (AvgIpc) is 2.57. The topological polar surface area (TPSA) is 33.0 Å². The molecule has 4 heteroatoms. The molecule has 0 atom stereocenters. The van der Waals surface area contributed by atoms with Crippen LogP contribution < -0.4 is 4.74 Å². The molecule has 0 aliphatic carbocycles. The van der Waals surface area contributed by atoms with E-state index in [4.69, 9.17) is 21.1 Å². The standard InChI is InChI=1S/C20H22ClNOSi/c1-24(2,21)15-3-14-23-20-12-10-18(11-13-20)5-4-17-6-8-19(16-22)9-7-17/h4-13H,3,14-15H2,1-2H3/b5-4+. The van der Waals surface area contributed by atoms with Crippen LogP contribution in [0.2, 0.25) is 19.1 Å². The normalized spacial score (nSPS) is 11.4. The van der Waals surface area contributed by atoms with Gasteiger partial charge in [0.2, 0.25) is 0 Å². The highest BCUT2D eigenvalue weighted by Crippen LogP contribution is 2.18. The average molecular weight is 356 g/mol. The number of ether oxygens (including phenoxy) is 1. The van der Waals surface area contributed by atoms with Crippen LogP contribution in [0, 0.1) is 11.3 Å². The summed E-state index contributed by atoms with van der Waals surface area (Å²) < 4.78 is 5.75. The van der Waals surface area contributed by atoms with E-state index in [-0.39, 0.29) is 0 Å². The van der Waals surface area contributed by atoms with E-state index in [0.29, 0.717) is 12.2 Å². The number of halogens is 1. The van der Waals surface area contributed by atoms with Gasteiger partial charge in [-0.25, -0.2) is 0 Å². The first-order chi connectivity index (χ1) is 11.5. The van der Waals surface area contributed by atoms with E-state index in [9.17, 15) is 0 Å². The monoisotopic (exact) mass is 355 g/mol. The minimum absolute atomic E-state index is 0.675. The summed E-state index contributed by atoms with van der Waals surface area (Å²) in [5.41, 5.74) is 2.86. The Hall–Kier alpha value is -2.02. The maximum Gasteiger partial charge on any atom is 0.150 e. The number of hydrogen-bond acceptors (Lipinski definition) is 2. The van der Waals surface area contributed by atoms with Crippen LogP contribution in [0.3, 0.4) is 0 Å². The van der Waals surface area contributed by atoms with Crippen LogP contribution >= 0.6 is 11.1 Å². The first kappa shape index (κ1) is 18.3. The number of hydrogen-bond donors (Lipinski definition) is 0. The van der Waals surface area contributed by atoms with Gasteiger partial charge in [-0.05, 0) is 47.9 Å². The molecule has 0 heterocycles. The predicted molar refractivity (Wildman–Crippen MR) is 105 cm³/mol. The molecule has 24 heavy (non-hydrogen) atoms. The molecule has 124 valence electrons. The first-order valence-electron chi connectivity index (χ1n) is 8.06. The fraction of sp³-hybridized carbons (Fsp3) is 0.250. The van der Waals surface area contributed by atoms with Crippen LogP contribution in [0.5, 0.6) is 5.75 Å². The lowest BCUT2D eigenvalue weighted by Gasteiger charge is -2.12. The fourth-order valence-electron chi connectivity index (χ4n) is 2.22. The Kier molecular flexibility index (Phi) is 6.66. The Morgan fingerprint density at radius 3 is 2.04 bits per heavy atom.